The van der Waals surface area contributed by atoms with Crippen molar-refractivity contribution in [2.24, 2.45) is 5.16 Å². The molecule has 200 valence electrons. The number of rotatable bonds is 8. The molecule has 39 heavy (non-hydrogen) atoms. The molecule has 0 radical (unpaired) electrons. The molecule has 0 fully saturated rings. The lowest BCUT2D eigenvalue weighted by molar-refractivity contribution is -0.137. The van der Waals surface area contributed by atoms with Crippen LogP contribution < -0.4 is 5.56 Å². The van der Waals surface area contributed by atoms with Gasteiger partial charge in [0.05, 0.1) is 22.3 Å². The number of aliphatic carboxylic acids is 1. The lowest BCUT2D eigenvalue weighted by Crippen LogP contribution is -2.24. The third-order valence-corrected chi connectivity index (χ3v) is 7.00. The van der Waals surface area contributed by atoms with Crippen LogP contribution in [0.4, 0.5) is 8.78 Å². The zero-order chi connectivity index (χ0) is 27.7. The van der Waals surface area contributed by atoms with Gasteiger partial charge in [0.15, 0.2) is 17.2 Å². The van der Waals surface area contributed by atoms with E-state index in [0.717, 1.165) is 17.7 Å². The molecule has 1 aromatic heterocycles. The number of aromatic nitrogens is 2. The van der Waals surface area contributed by atoms with Gasteiger partial charge in [0.1, 0.15) is 5.82 Å². The summed E-state index contributed by atoms with van der Waals surface area (Å²) in [6, 6.07) is 16.5. The Labute approximate surface area is 223 Å². The van der Waals surface area contributed by atoms with Crippen LogP contribution in [0.25, 0.3) is 16.6 Å². The summed E-state index contributed by atoms with van der Waals surface area (Å²) >= 11 is 0. The number of aryl methyl sites for hydroxylation is 2. The Hall–Kier alpha value is -4.40. The summed E-state index contributed by atoms with van der Waals surface area (Å²) < 4.78 is 28.9. The number of halogens is 2. The number of hydrogen-bond acceptors (Lipinski definition) is 5. The van der Waals surface area contributed by atoms with Gasteiger partial charge in [-0.25, -0.2) is 13.8 Å². The number of carbonyl (C=O) groups is 1. The Morgan fingerprint density at radius 2 is 1.82 bits per heavy atom. The highest BCUT2D eigenvalue weighted by molar-refractivity contribution is 6.04. The number of benzene rings is 3. The van der Waals surface area contributed by atoms with Gasteiger partial charge in [0.2, 0.25) is 0 Å². The maximum absolute atomic E-state index is 13.9. The van der Waals surface area contributed by atoms with Crippen LogP contribution in [-0.2, 0) is 21.7 Å². The van der Waals surface area contributed by atoms with Crippen LogP contribution in [0.1, 0.15) is 55.1 Å². The van der Waals surface area contributed by atoms with E-state index in [9.17, 15) is 18.4 Å². The molecule has 4 aromatic rings. The molecule has 5 rings (SSSR count). The summed E-state index contributed by atoms with van der Waals surface area (Å²) in [4.78, 5) is 35.1. The lowest BCUT2D eigenvalue weighted by atomic mass is 9.89. The van der Waals surface area contributed by atoms with Gasteiger partial charge < -0.3 is 9.94 Å². The molecule has 0 saturated heterocycles. The first-order valence-electron chi connectivity index (χ1n) is 12.7. The average Bonchev–Trinajstić information content (AvgIpc) is 3.32. The predicted octanol–water partition coefficient (Wildman–Crippen LogP) is 5.81. The zero-order valence-electron chi connectivity index (χ0n) is 21.6. The summed E-state index contributed by atoms with van der Waals surface area (Å²) in [7, 11) is 0. The molecule has 0 saturated carbocycles. The number of carboxylic acids is 1. The van der Waals surface area contributed by atoms with Crippen molar-refractivity contribution in [1.29, 1.82) is 0 Å². The molecule has 0 spiro atoms. The van der Waals surface area contributed by atoms with E-state index in [0.29, 0.717) is 64.9 Å². The van der Waals surface area contributed by atoms with Gasteiger partial charge in [-0.05, 0) is 63.1 Å². The topological polar surface area (TPSA) is 93.8 Å². The third-order valence-electron chi connectivity index (χ3n) is 7.00. The highest BCUT2D eigenvalue weighted by Crippen LogP contribution is 2.37. The van der Waals surface area contributed by atoms with Gasteiger partial charge in [-0.2, -0.15) is 0 Å². The minimum atomic E-state index is -0.976. The quantitative estimate of drug-likeness (QED) is 0.290. The molecule has 0 unspecified atom stereocenters. The van der Waals surface area contributed by atoms with Crippen LogP contribution in [0.3, 0.4) is 0 Å². The van der Waals surface area contributed by atoms with Crippen molar-refractivity contribution in [1.82, 2.24) is 9.55 Å². The maximum Gasteiger partial charge on any atom is 0.303 e. The van der Waals surface area contributed by atoms with Crippen molar-refractivity contribution in [3.05, 3.63) is 105 Å². The molecule has 0 aliphatic carbocycles. The summed E-state index contributed by atoms with van der Waals surface area (Å²) in [5, 5.41) is 13.6. The highest BCUT2D eigenvalue weighted by Gasteiger charge is 2.37. The van der Waals surface area contributed by atoms with Crippen LogP contribution in [0.5, 0.6) is 0 Å². The van der Waals surface area contributed by atoms with E-state index in [4.69, 9.17) is 14.9 Å². The van der Waals surface area contributed by atoms with Crippen LogP contribution in [0.15, 0.2) is 70.6 Å². The number of oxime groups is 1. The molecule has 1 N–H and O–H groups in total. The summed E-state index contributed by atoms with van der Waals surface area (Å²) in [5.74, 6) is -2.22. The van der Waals surface area contributed by atoms with E-state index in [2.05, 4.69) is 5.16 Å². The number of unbranched alkanes of at least 4 members (excludes halogenated alkanes) is 1. The first kappa shape index (κ1) is 26.2. The molecule has 9 heteroatoms. The van der Waals surface area contributed by atoms with Gasteiger partial charge >= 0.3 is 5.97 Å². The van der Waals surface area contributed by atoms with Gasteiger partial charge in [-0.1, -0.05) is 35.0 Å². The molecule has 3 aromatic carbocycles. The predicted molar refractivity (Wildman–Crippen MR) is 143 cm³/mol. The number of hydrogen-bond donors (Lipinski definition) is 1. The van der Waals surface area contributed by atoms with E-state index in [1.54, 1.807) is 29.7 Å². The third kappa shape index (κ3) is 5.30. The first-order valence-corrected chi connectivity index (χ1v) is 12.7. The maximum atomic E-state index is 13.9. The summed E-state index contributed by atoms with van der Waals surface area (Å²) in [6.45, 7) is 3.72. The monoisotopic (exact) mass is 531 g/mol. The van der Waals surface area contributed by atoms with Crippen LogP contribution in [-0.4, -0.2) is 26.3 Å². The Balaban J connectivity index is 1.50. The normalized spacial score (nSPS) is 16.8. The van der Waals surface area contributed by atoms with Gasteiger partial charge in [-0.3, -0.25) is 14.2 Å². The van der Waals surface area contributed by atoms with Crippen molar-refractivity contribution in [2.75, 3.05) is 0 Å². The Morgan fingerprint density at radius 1 is 1.05 bits per heavy atom. The van der Waals surface area contributed by atoms with Crippen LogP contribution in [0, 0.1) is 18.6 Å². The largest absolute Gasteiger partial charge is 0.481 e. The average molecular weight is 532 g/mol. The zero-order valence-corrected chi connectivity index (χ0v) is 21.6. The molecular weight excluding hydrogens is 504 g/mol. The number of carboxylic acid groups (broad SMARTS) is 1. The minimum absolute atomic E-state index is 0.0447. The van der Waals surface area contributed by atoms with E-state index in [1.807, 2.05) is 31.2 Å². The van der Waals surface area contributed by atoms with Crippen molar-refractivity contribution in [3.63, 3.8) is 0 Å². The summed E-state index contributed by atoms with van der Waals surface area (Å²) in [5.41, 5.74) is 2.79. The van der Waals surface area contributed by atoms with E-state index in [1.165, 1.54) is 6.07 Å². The Bertz CT molecular complexity index is 1660. The Kier molecular flexibility index (Phi) is 6.99. The van der Waals surface area contributed by atoms with E-state index < -0.39 is 23.2 Å². The minimum Gasteiger partial charge on any atom is -0.481 e. The standard InChI is InChI=1S/C30H27F2N3O4/c1-18-7-11-21(12-8-18)35-27(5-3-4-6-28(36)37)33-25-15-19(9-13-22(25)29(35)38)26-17-30(2,39-34-26)20-10-14-23(31)24(32)16-20/h7-16H,3-6,17H2,1-2H3,(H,36,37)/t30-/m0/s1. The van der Waals surface area contributed by atoms with Crippen molar-refractivity contribution >= 4 is 22.6 Å². The molecule has 0 bridgehead atoms. The second-order valence-electron chi connectivity index (χ2n) is 10.0. The van der Waals surface area contributed by atoms with Crippen LogP contribution >= 0.6 is 0 Å². The van der Waals surface area contributed by atoms with E-state index in [-0.39, 0.29) is 12.0 Å². The molecule has 0 amide bonds. The molecule has 1 aliphatic heterocycles. The van der Waals surface area contributed by atoms with Gasteiger partial charge in [0, 0.05) is 30.4 Å². The SMILES string of the molecule is Cc1ccc(-n2c(CCCCC(=O)O)nc3cc(C4=NO[C@](C)(c5ccc(F)c(F)c5)C4)ccc3c2=O)cc1. The molecule has 2 heterocycles. The smallest absolute Gasteiger partial charge is 0.303 e. The lowest BCUT2D eigenvalue weighted by Gasteiger charge is -2.22. The fourth-order valence-electron chi connectivity index (χ4n) is 4.77. The fourth-order valence-corrected chi connectivity index (χ4v) is 4.77. The Morgan fingerprint density at radius 3 is 2.54 bits per heavy atom. The van der Waals surface area contributed by atoms with Gasteiger partial charge in [-0.15, -0.1) is 0 Å². The molecule has 1 atom stereocenters. The summed E-state index contributed by atoms with van der Waals surface area (Å²) in [6.07, 6.45) is 1.81. The van der Waals surface area contributed by atoms with Crippen molar-refractivity contribution < 1.29 is 23.5 Å². The molecule has 1 aliphatic rings. The van der Waals surface area contributed by atoms with Crippen molar-refractivity contribution in [2.45, 2.75) is 51.6 Å². The van der Waals surface area contributed by atoms with Crippen molar-refractivity contribution in [3.8, 4) is 5.69 Å². The van der Waals surface area contributed by atoms with E-state index >= 15 is 0 Å². The first-order chi connectivity index (χ1) is 18.6. The number of nitrogens with zero attached hydrogens (tertiary/aromatic N) is 3. The molecule has 7 nitrogen and oxygen atoms in total. The van der Waals surface area contributed by atoms with Gasteiger partial charge in [0.25, 0.3) is 5.56 Å². The fraction of sp³-hybridized carbons (Fsp3) is 0.267. The highest BCUT2D eigenvalue weighted by atomic mass is 19.2. The van der Waals surface area contributed by atoms with Crippen LogP contribution in [0.2, 0.25) is 0 Å². The number of fused-ring (bicyclic) bond motifs is 1. The molecular formula is C30H27F2N3O4. The second-order valence-corrected chi connectivity index (χ2v) is 10.0. The second kappa shape index (κ2) is 10.4.